The van der Waals surface area contributed by atoms with E-state index in [0.29, 0.717) is 13.1 Å². The summed E-state index contributed by atoms with van der Waals surface area (Å²) in [4.78, 5) is 37.9. The first-order chi connectivity index (χ1) is 15.9. The average Bonchev–Trinajstić information content (AvgIpc) is 3.06. The number of carbonyl (C=O) groups excluding carboxylic acids is 2. The summed E-state index contributed by atoms with van der Waals surface area (Å²) in [5, 5.41) is 11.9. The van der Waals surface area contributed by atoms with Crippen molar-refractivity contribution >= 4 is 18.0 Å². The van der Waals surface area contributed by atoms with Crippen molar-refractivity contribution in [1.29, 1.82) is 0 Å². The fourth-order valence-corrected chi connectivity index (χ4v) is 5.35. The van der Waals surface area contributed by atoms with E-state index < -0.39 is 17.6 Å². The van der Waals surface area contributed by atoms with Gasteiger partial charge in [0.05, 0.1) is 18.4 Å². The van der Waals surface area contributed by atoms with E-state index in [-0.39, 0.29) is 37.2 Å². The topological polar surface area (TPSA) is 95.9 Å². The molecule has 7 heteroatoms. The highest BCUT2D eigenvalue weighted by Gasteiger charge is 2.43. The lowest BCUT2D eigenvalue weighted by Crippen LogP contribution is -2.59. The van der Waals surface area contributed by atoms with Crippen LogP contribution in [0.4, 0.5) is 4.79 Å². The third-order valence-electron chi connectivity index (χ3n) is 7.28. The van der Waals surface area contributed by atoms with Gasteiger partial charge < -0.3 is 20.1 Å². The molecular weight excluding hydrogens is 420 g/mol. The first kappa shape index (κ1) is 21.5. The normalized spacial score (nSPS) is 18.5. The minimum Gasteiger partial charge on any atom is -0.481 e. The van der Waals surface area contributed by atoms with Gasteiger partial charge in [-0.2, -0.15) is 0 Å². The summed E-state index contributed by atoms with van der Waals surface area (Å²) < 4.78 is 5.67. The molecular formula is C26H28N2O5. The number of fused-ring (bicyclic) bond motifs is 3. The average molecular weight is 449 g/mol. The smallest absolute Gasteiger partial charge is 0.407 e. The van der Waals surface area contributed by atoms with Crippen molar-refractivity contribution in [2.75, 3.05) is 19.7 Å². The number of carbonyl (C=O) groups is 3. The van der Waals surface area contributed by atoms with Crippen LogP contribution >= 0.6 is 0 Å². The number of ether oxygens (including phenoxy) is 1. The van der Waals surface area contributed by atoms with Crippen LogP contribution in [0.3, 0.4) is 0 Å². The van der Waals surface area contributed by atoms with Crippen molar-refractivity contribution in [1.82, 2.24) is 10.2 Å². The van der Waals surface area contributed by atoms with Crippen LogP contribution in [-0.4, -0.2) is 53.2 Å². The Bertz CT molecular complexity index is 1040. The zero-order valence-electron chi connectivity index (χ0n) is 18.5. The molecule has 1 heterocycles. The van der Waals surface area contributed by atoms with Crippen molar-refractivity contribution < 1.29 is 24.2 Å². The number of amides is 2. The maximum absolute atomic E-state index is 12.7. The number of hydrogen-bond donors (Lipinski definition) is 2. The quantitative estimate of drug-likeness (QED) is 0.672. The van der Waals surface area contributed by atoms with E-state index in [2.05, 4.69) is 29.6 Å². The molecule has 2 aromatic carbocycles. The van der Waals surface area contributed by atoms with Crippen molar-refractivity contribution in [2.45, 2.75) is 43.6 Å². The number of carboxylic acids is 1. The fraction of sp³-hybridized carbons (Fsp3) is 0.423. The summed E-state index contributed by atoms with van der Waals surface area (Å²) >= 11 is 0. The number of hydrogen-bond acceptors (Lipinski definition) is 4. The lowest BCUT2D eigenvalue weighted by molar-refractivity contribution is -0.146. The highest BCUT2D eigenvalue weighted by Crippen LogP contribution is 2.44. The summed E-state index contributed by atoms with van der Waals surface area (Å²) in [5.74, 6) is -0.844. The van der Waals surface area contributed by atoms with Gasteiger partial charge in [0.1, 0.15) is 6.61 Å². The summed E-state index contributed by atoms with van der Waals surface area (Å²) in [6.07, 6.45) is 2.28. The Balaban J connectivity index is 1.17. The van der Waals surface area contributed by atoms with Crippen LogP contribution in [0, 0.1) is 5.92 Å². The van der Waals surface area contributed by atoms with Crippen LogP contribution < -0.4 is 5.32 Å². The number of benzene rings is 2. The number of rotatable bonds is 7. The maximum atomic E-state index is 12.7. The standard InChI is InChI=1S/C26H28N2O5/c29-23(28-14-17(15-28)12-24(30)31)13-26(10-5-11-26)27-25(32)33-16-22-20-8-3-1-6-18(20)19-7-2-4-9-21(19)22/h1-4,6-9,17,22H,5,10-16H2,(H,27,32)(H,30,31). The van der Waals surface area contributed by atoms with E-state index in [0.717, 1.165) is 30.4 Å². The van der Waals surface area contributed by atoms with Gasteiger partial charge in [0, 0.05) is 24.9 Å². The van der Waals surface area contributed by atoms with Crippen LogP contribution in [0.5, 0.6) is 0 Å². The molecule has 0 radical (unpaired) electrons. The van der Waals surface area contributed by atoms with Gasteiger partial charge in [-0.1, -0.05) is 48.5 Å². The molecule has 172 valence electrons. The number of carboxylic acid groups (broad SMARTS) is 1. The van der Waals surface area contributed by atoms with Crippen LogP contribution in [0.2, 0.25) is 0 Å². The van der Waals surface area contributed by atoms with Gasteiger partial charge in [-0.05, 0) is 41.5 Å². The number of likely N-dealkylation sites (tertiary alicyclic amines) is 1. The lowest BCUT2D eigenvalue weighted by Gasteiger charge is -2.45. The Morgan fingerprint density at radius 1 is 1.00 bits per heavy atom. The second kappa shape index (κ2) is 8.54. The molecule has 1 aliphatic heterocycles. The molecule has 2 N–H and O–H groups in total. The molecule has 1 saturated heterocycles. The fourth-order valence-electron chi connectivity index (χ4n) is 5.35. The van der Waals surface area contributed by atoms with E-state index in [1.165, 1.54) is 11.1 Å². The predicted octanol–water partition coefficient (Wildman–Crippen LogP) is 3.77. The molecule has 0 spiro atoms. The van der Waals surface area contributed by atoms with Gasteiger partial charge in [0.2, 0.25) is 5.91 Å². The highest BCUT2D eigenvalue weighted by molar-refractivity contribution is 5.81. The van der Waals surface area contributed by atoms with Crippen molar-refractivity contribution in [3.63, 3.8) is 0 Å². The summed E-state index contributed by atoms with van der Waals surface area (Å²) in [5.41, 5.74) is 4.12. The molecule has 2 amide bonds. The molecule has 0 aromatic heterocycles. The zero-order chi connectivity index (χ0) is 23.0. The van der Waals surface area contributed by atoms with Crippen LogP contribution in [-0.2, 0) is 14.3 Å². The molecule has 0 atom stereocenters. The van der Waals surface area contributed by atoms with E-state index in [9.17, 15) is 14.4 Å². The number of alkyl carbamates (subject to hydrolysis) is 1. The largest absolute Gasteiger partial charge is 0.481 e. The molecule has 1 saturated carbocycles. The minimum absolute atomic E-state index is 0.00520. The zero-order valence-corrected chi connectivity index (χ0v) is 18.5. The van der Waals surface area contributed by atoms with E-state index in [1.54, 1.807) is 4.90 Å². The van der Waals surface area contributed by atoms with Crippen molar-refractivity contribution in [2.24, 2.45) is 5.92 Å². The Morgan fingerprint density at radius 3 is 2.15 bits per heavy atom. The van der Waals surface area contributed by atoms with Gasteiger partial charge in [0.25, 0.3) is 0 Å². The van der Waals surface area contributed by atoms with Gasteiger partial charge in [-0.3, -0.25) is 9.59 Å². The predicted molar refractivity (Wildman–Crippen MR) is 122 cm³/mol. The first-order valence-electron chi connectivity index (χ1n) is 11.6. The summed E-state index contributed by atoms with van der Waals surface area (Å²) in [7, 11) is 0. The molecule has 0 bridgehead atoms. The van der Waals surface area contributed by atoms with Gasteiger partial charge in [-0.25, -0.2) is 4.79 Å². The monoisotopic (exact) mass is 448 g/mol. The van der Waals surface area contributed by atoms with Crippen molar-refractivity contribution in [3.05, 3.63) is 59.7 Å². The SMILES string of the molecule is O=C(O)CC1CN(C(=O)CC2(NC(=O)OCC3c4ccccc4-c4ccccc43)CCC2)C1. The van der Waals surface area contributed by atoms with Gasteiger partial charge in [0.15, 0.2) is 0 Å². The van der Waals surface area contributed by atoms with Crippen LogP contribution in [0.1, 0.15) is 49.1 Å². The summed E-state index contributed by atoms with van der Waals surface area (Å²) in [6, 6.07) is 16.4. The highest BCUT2D eigenvalue weighted by atomic mass is 16.5. The molecule has 5 rings (SSSR count). The van der Waals surface area contributed by atoms with Crippen LogP contribution in [0.15, 0.2) is 48.5 Å². The Morgan fingerprint density at radius 2 is 1.61 bits per heavy atom. The molecule has 0 unspecified atom stereocenters. The van der Waals surface area contributed by atoms with E-state index >= 15 is 0 Å². The Hall–Kier alpha value is -3.35. The van der Waals surface area contributed by atoms with Crippen LogP contribution in [0.25, 0.3) is 11.1 Å². The van der Waals surface area contributed by atoms with Crippen molar-refractivity contribution in [3.8, 4) is 11.1 Å². The Kier molecular flexibility index (Phi) is 5.56. The Labute approximate surface area is 192 Å². The third-order valence-corrected chi connectivity index (χ3v) is 7.28. The molecule has 33 heavy (non-hydrogen) atoms. The molecule has 3 aliphatic rings. The van der Waals surface area contributed by atoms with E-state index in [4.69, 9.17) is 9.84 Å². The molecule has 2 fully saturated rings. The molecule has 2 aliphatic carbocycles. The number of nitrogens with zero attached hydrogens (tertiary/aromatic N) is 1. The summed E-state index contributed by atoms with van der Waals surface area (Å²) in [6.45, 7) is 1.20. The first-order valence-corrected chi connectivity index (χ1v) is 11.6. The number of nitrogens with one attached hydrogen (secondary N) is 1. The second-order valence-corrected chi connectivity index (χ2v) is 9.52. The maximum Gasteiger partial charge on any atom is 0.407 e. The second-order valence-electron chi connectivity index (χ2n) is 9.52. The lowest BCUT2D eigenvalue weighted by atomic mass is 9.74. The van der Waals surface area contributed by atoms with Gasteiger partial charge >= 0.3 is 12.1 Å². The number of aliphatic carboxylic acids is 1. The third kappa shape index (κ3) is 4.19. The van der Waals surface area contributed by atoms with E-state index in [1.807, 2.05) is 24.3 Å². The molecule has 2 aromatic rings. The molecule has 7 nitrogen and oxygen atoms in total. The van der Waals surface area contributed by atoms with Gasteiger partial charge in [-0.15, -0.1) is 0 Å². The minimum atomic E-state index is -0.834.